The molecule has 3 aromatic rings. The molecule has 154 valence electrons. The summed E-state index contributed by atoms with van der Waals surface area (Å²) in [4.78, 5) is 18.1. The molecule has 1 aliphatic heterocycles. The number of anilines is 1. The van der Waals surface area contributed by atoms with Crippen LogP contribution in [0.1, 0.15) is 28.8 Å². The van der Waals surface area contributed by atoms with Gasteiger partial charge in [0.2, 0.25) is 0 Å². The van der Waals surface area contributed by atoms with Crippen molar-refractivity contribution >= 4 is 23.4 Å². The molecule has 4 rings (SSSR count). The molecule has 1 fully saturated rings. The van der Waals surface area contributed by atoms with Crippen LogP contribution in [0.2, 0.25) is 0 Å². The van der Waals surface area contributed by atoms with E-state index in [1.165, 1.54) is 5.56 Å². The van der Waals surface area contributed by atoms with Gasteiger partial charge in [-0.15, -0.1) is 11.8 Å². The summed E-state index contributed by atoms with van der Waals surface area (Å²) in [5, 5.41) is 2.96. The molecule has 1 aromatic heterocycles. The first-order valence-electron chi connectivity index (χ1n) is 10.0. The first kappa shape index (κ1) is 20.4. The van der Waals surface area contributed by atoms with E-state index in [0.717, 1.165) is 35.8 Å². The number of amides is 1. The van der Waals surface area contributed by atoms with Crippen molar-refractivity contribution in [2.24, 2.45) is 0 Å². The molecule has 0 aliphatic carbocycles. The number of thioether (sulfide) groups is 1. The maximum atomic E-state index is 12.8. The Labute approximate surface area is 180 Å². The number of para-hydroxylation sites is 1. The third-order valence-corrected chi connectivity index (χ3v) is 5.90. The number of nitrogens with zero attached hydrogens (tertiary/aromatic N) is 1. The normalized spacial score (nSPS) is 15.7. The van der Waals surface area contributed by atoms with Crippen molar-refractivity contribution in [2.75, 3.05) is 18.5 Å². The molecule has 0 radical (unpaired) electrons. The Morgan fingerprint density at radius 1 is 1.13 bits per heavy atom. The molecule has 1 saturated heterocycles. The summed E-state index contributed by atoms with van der Waals surface area (Å²) < 4.78 is 11.5. The Morgan fingerprint density at radius 3 is 2.77 bits per heavy atom. The lowest BCUT2D eigenvalue weighted by atomic mass is 10.1. The van der Waals surface area contributed by atoms with E-state index in [4.69, 9.17) is 9.47 Å². The van der Waals surface area contributed by atoms with Gasteiger partial charge in [0.05, 0.1) is 11.7 Å². The number of carbonyl (C=O) groups excluding carboxylic acids is 1. The van der Waals surface area contributed by atoms with Crippen LogP contribution in [-0.4, -0.2) is 30.2 Å². The average Bonchev–Trinajstić information content (AvgIpc) is 3.32. The summed E-state index contributed by atoms with van der Waals surface area (Å²) in [7, 11) is 0. The van der Waals surface area contributed by atoms with Crippen molar-refractivity contribution in [3.63, 3.8) is 0 Å². The zero-order valence-electron chi connectivity index (χ0n) is 16.6. The molecule has 30 heavy (non-hydrogen) atoms. The van der Waals surface area contributed by atoms with Crippen LogP contribution in [0.25, 0.3) is 0 Å². The van der Waals surface area contributed by atoms with Crippen LogP contribution in [0.3, 0.4) is 0 Å². The molecule has 1 unspecified atom stereocenters. The Hall–Kier alpha value is -2.83. The van der Waals surface area contributed by atoms with Crippen LogP contribution >= 0.6 is 11.8 Å². The molecule has 0 bridgehead atoms. The van der Waals surface area contributed by atoms with Gasteiger partial charge < -0.3 is 14.8 Å². The summed E-state index contributed by atoms with van der Waals surface area (Å²) in [5.74, 6) is 1.25. The van der Waals surface area contributed by atoms with E-state index < -0.39 is 0 Å². The monoisotopic (exact) mass is 420 g/mol. The van der Waals surface area contributed by atoms with Gasteiger partial charge >= 0.3 is 0 Å². The lowest BCUT2D eigenvalue weighted by Crippen LogP contribution is -2.19. The third-order valence-electron chi connectivity index (χ3n) is 4.82. The second kappa shape index (κ2) is 10.3. The fourth-order valence-corrected chi connectivity index (χ4v) is 4.05. The standard InChI is InChI=1S/C24H24N2O3S/c27-24(22-7-1-2-8-23(22)29-16-20-6-4-14-28-20)26-19-9-11-21(12-10-19)30-17-18-5-3-13-25-15-18/h1-3,5,7-13,15,20H,4,6,14,16-17H2,(H,26,27). The van der Waals surface area contributed by atoms with Gasteiger partial charge in [-0.1, -0.05) is 18.2 Å². The van der Waals surface area contributed by atoms with E-state index in [0.29, 0.717) is 17.9 Å². The fourth-order valence-electron chi connectivity index (χ4n) is 3.22. The van der Waals surface area contributed by atoms with Crippen molar-refractivity contribution in [3.05, 3.63) is 84.2 Å². The fraction of sp³-hybridized carbons (Fsp3) is 0.250. The quantitative estimate of drug-likeness (QED) is 0.509. The van der Waals surface area contributed by atoms with Crippen molar-refractivity contribution in [1.82, 2.24) is 4.98 Å². The number of rotatable bonds is 8. The number of ether oxygens (including phenoxy) is 2. The summed E-state index contributed by atoms with van der Waals surface area (Å²) in [5.41, 5.74) is 2.45. The minimum Gasteiger partial charge on any atom is -0.490 e. The van der Waals surface area contributed by atoms with Crippen molar-refractivity contribution < 1.29 is 14.3 Å². The molecule has 6 heteroatoms. The predicted molar refractivity (Wildman–Crippen MR) is 119 cm³/mol. The average molecular weight is 421 g/mol. The number of carbonyl (C=O) groups is 1. The molecule has 1 N–H and O–H groups in total. The summed E-state index contributed by atoms with van der Waals surface area (Å²) >= 11 is 1.73. The Kier molecular flexibility index (Phi) is 7.00. The number of pyridine rings is 1. The van der Waals surface area contributed by atoms with Crippen LogP contribution < -0.4 is 10.1 Å². The van der Waals surface area contributed by atoms with E-state index in [-0.39, 0.29) is 12.0 Å². The number of hydrogen-bond donors (Lipinski definition) is 1. The SMILES string of the molecule is O=C(Nc1ccc(SCc2cccnc2)cc1)c1ccccc1OCC1CCCO1. The van der Waals surface area contributed by atoms with Gasteiger partial charge in [0.25, 0.3) is 5.91 Å². The van der Waals surface area contributed by atoms with E-state index in [1.807, 2.05) is 54.7 Å². The van der Waals surface area contributed by atoms with E-state index >= 15 is 0 Å². The molecular weight excluding hydrogens is 396 g/mol. The van der Waals surface area contributed by atoms with Crippen molar-refractivity contribution in [2.45, 2.75) is 29.6 Å². The zero-order chi connectivity index (χ0) is 20.6. The Balaban J connectivity index is 1.34. The summed E-state index contributed by atoms with van der Waals surface area (Å²) in [6.07, 6.45) is 5.82. The molecule has 0 saturated carbocycles. The molecule has 1 amide bonds. The highest BCUT2D eigenvalue weighted by Crippen LogP contribution is 2.25. The van der Waals surface area contributed by atoms with Gasteiger partial charge in [-0.2, -0.15) is 0 Å². The second-order valence-corrected chi connectivity index (χ2v) is 8.12. The first-order valence-corrected chi connectivity index (χ1v) is 11.0. The number of nitrogens with one attached hydrogen (secondary N) is 1. The molecular formula is C24H24N2O3S. The Morgan fingerprint density at radius 2 is 2.00 bits per heavy atom. The van der Waals surface area contributed by atoms with Gasteiger partial charge in [-0.3, -0.25) is 9.78 Å². The number of aromatic nitrogens is 1. The summed E-state index contributed by atoms with van der Waals surface area (Å²) in [6, 6.07) is 19.2. The molecule has 2 aromatic carbocycles. The van der Waals surface area contributed by atoms with Crippen LogP contribution in [0.4, 0.5) is 5.69 Å². The first-order chi connectivity index (χ1) is 14.8. The van der Waals surface area contributed by atoms with E-state index in [1.54, 1.807) is 24.0 Å². The van der Waals surface area contributed by atoms with E-state index in [9.17, 15) is 4.79 Å². The number of benzene rings is 2. The van der Waals surface area contributed by atoms with Gasteiger partial charge in [0.1, 0.15) is 12.4 Å². The highest BCUT2D eigenvalue weighted by molar-refractivity contribution is 7.98. The smallest absolute Gasteiger partial charge is 0.259 e. The second-order valence-electron chi connectivity index (χ2n) is 7.07. The molecule has 2 heterocycles. The van der Waals surface area contributed by atoms with Crippen molar-refractivity contribution in [3.8, 4) is 5.75 Å². The van der Waals surface area contributed by atoms with Gasteiger partial charge in [-0.25, -0.2) is 0 Å². The maximum Gasteiger partial charge on any atom is 0.259 e. The van der Waals surface area contributed by atoms with Crippen LogP contribution in [0, 0.1) is 0 Å². The van der Waals surface area contributed by atoms with Crippen LogP contribution in [0.5, 0.6) is 5.75 Å². The summed E-state index contributed by atoms with van der Waals surface area (Å²) in [6.45, 7) is 1.25. The molecule has 1 aliphatic rings. The van der Waals surface area contributed by atoms with Crippen LogP contribution in [0.15, 0.2) is 78.0 Å². The van der Waals surface area contributed by atoms with Crippen LogP contribution in [-0.2, 0) is 10.5 Å². The molecule has 1 atom stereocenters. The van der Waals surface area contributed by atoms with Crippen molar-refractivity contribution in [1.29, 1.82) is 0 Å². The van der Waals surface area contributed by atoms with Gasteiger partial charge in [0, 0.05) is 35.3 Å². The molecule has 0 spiro atoms. The minimum absolute atomic E-state index is 0.109. The zero-order valence-corrected chi connectivity index (χ0v) is 17.4. The topological polar surface area (TPSA) is 60.5 Å². The lowest BCUT2D eigenvalue weighted by molar-refractivity contribution is 0.0673. The molecule has 5 nitrogen and oxygen atoms in total. The maximum absolute atomic E-state index is 12.8. The lowest BCUT2D eigenvalue weighted by Gasteiger charge is -2.14. The van der Waals surface area contributed by atoms with E-state index in [2.05, 4.69) is 16.4 Å². The number of hydrogen-bond acceptors (Lipinski definition) is 5. The largest absolute Gasteiger partial charge is 0.490 e. The van der Waals surface area contributed by atoms with Gasteiger partial charge in [0.15, 0.2) is 0 Å². The Bertz CT molecular complexity index is 958. The minimum atomic E-state index is -0.186. The third kappa shape index (κ3) is 5.62. The van der Waals surface area contributed by atoms with Gasteiger partial charge in [-0.05, 0) is 60.9 Å². The highest BCUT2D eigenvalue weighted by Gasteiger charge is 2.18. The highest BCUT2D eigenvalue weighted by atomic mass is 32.2. The predicted octanol–water partition coefficient (Wildman–Crippen LogP) is 5.18.